The number of carbonyl (C=O) groups is 1. The Morgan fingerprint density at radius 3 is 2.53 bits per heavy atom. The van der Waals surface area contributed by atoms with Crippen LogP contribution >= 0.6 is 12.4 Å². The van der Waals surface area contributed by atoms with Gasteiger partial charge >= 0.3 is 5.97 Å². The second kappa shape index (κ2) is 8.07. The van der Waals surface area contributed by atoms with Crippen molar-refractivity contribution < 1.29 is 15.4 Å². The molecule has 1 heterocycles. The highest BCUT2D eigenvalue weighted by atomic mass is 35.5. The minimum Gasteiger partial charge on any atom is -0.478 e. The number of imidazole rings is 1. The van der Waals surface area contributed by atoms with Gasteiger partial charge in [0.15, 0.2) is 0 Å². The third-order valence-electron chi connectivity index (χ3n) is 2.32. The van der Waals surface area contributed by atoms with E-state index in [1.807, 2.05) is 24.3 Å². The first-order valence-corrected chi connectivity index (χ1v) is 5.22. The van der Waals surface area contributed by atoms with Crippen LogP contribution in [0.4, 0.5) is 0 Å². The molecule has 6 heteroatoms. The monoisotopic (exact) mass is 282 g/mol. The zero-order valence-electron chi connectivity index (χ0n) is 10.0. The van der Waals surface area contributed by atoms with Gasteiger partial charge in [0.05, 0.1) is 0 Å². The van der Waals surface area contributed by atoms with Crippen molar-refractivity contribution in [3.63, 3.8) is 0 Å². The number of hydrogen-bond acceptors (Lipinski definition) is 2. The fourth-order valence-corrected chi connectivity index (χ4v) is 1.50. The fourth-order valence-electron chi connectivity index (χ4n) is 1.50. The molecule has 19 heavy (non-hydrogen) atoms. The van der Waals surface area contributed by atoms with Gasteiger partial charge in [-0.25, -0.2) is 9.78 Å². The first kappa shape index (κ1) is 16.9. The van der Waals surface area contributed by atoms with E-state index in [4.69, 9.17) is 5.11 Å². The standard InChI is InChI=1S/C13H12N2O2.ClH.H2O/c16-13(17)6-5-10-1-3-11(4-2-10)9-12-14-7-8-15-12;;/h1-8H,9H2,(H,14,15)(H,16,17);1H;1H2/b6-5+;;. The number of nitrogens with one attached hydrogen (secondary N) is 1. The van der Waals surface area contributed by atoms with E-state index < -0.39 is 5.97 Å². The van der Waals surface area contributed by atoms with Crippen LogP contribution in [0, 0.1) is 0 Å². The van der Waals surface area contributed by atoms with E-state index in [9.17, 15) is 4.79 Å². The van der Waals surface area contributed by atoms with Crippen LogP contribution in [0.1, 0.15) is 17.0 Å². The minimum atomic E-state index is -0.940. The summed E-state index contributed by atoms with van der Waals surface area (Å²) in [5, 5.41) is 8.50. The molecule has 0 unspecified atom stereocenters. The Morgan fingerprint density at radius 1 is 1.32 bits per heavy atom. The van der Waals surface area contributed by atoms with Crippen LogP contribution in [-0.2, 0) is 11.2 Å². The Morgan fingerprint density at radius 2 is 2.00 bits per heavy atom. The first-order chi connectivity index (χ1) is 8.24. The number of aliphatic carboxylic acids is 1. The maximum absolute atomic E-state index is 10.4. The Kier molecular flexibility index (Phi) is 7.18. The molecule has 2 aromatic rings. The number of aromatic nitrogens is 2. The number of carboxylic acids is 1. The van der Waals surface area contributed by atoms with E-state index in [-0.39, 0.29) is 17.9 Å². The molecule has 0 saturated heterocycles. The molecule has 4 N–H and O–H groups in total. The van der Waals surface area contributed by atoms with Crippen molar-refractivity contribution >= 4 is 24.5 Å². The molecular weight excluding hydrogens is 268 g/mol. The first-order valence-electron chi connectivity index (χ1n) is 5.22. The molecule has 0 aliphatic rings. The molecule has 0 atom stereocenters. The number of hydrogen-bond donors (Lipinski definition) is 2. The third-order valence-corrected chi connectivity index (χ3v) is 2.32. The molecule has 0 bridgehead atoms. The third kappa shape index (κ3) is 5.37. The Hall–Kier alpha value is -2.11. The predicted molar refractivity (Wildman–Crippen MR) is 75.4 cm³/mol. The normalized spacial score (nSPS) is 9.68. The van der Waals surface area contributed by atoms with Crippen LogP contribution < -0.4 is 0 Å². The molecule has 1 aromatic carbocycles. The fraction of sp³-hybridized carbons (Fsp3) is 0.0769. The second-order valence-electron chi connectivity index (χ2n) is 3.63. The predicted octanol–water partition coefficient (Wildman–Crippen LogP) is 1.70. The van der Waals surface area contributed by atoms with Crippen molar-refractivity contribution in [2.75, 3.05) is 0 Å². The number of benzene rings is 1. The summed E-state index contributed by atoms with van der Waals surface area (Å²) in [6.07, 6.45) is 6.95. The molecule has 0 aliphatic heterocycles. The van der Waals surface area contributed by atoms with E-state index in [0.29, 0.717) is 0 Å². The van der Waals surface area contributed by atoms with Gasteiger partial charge in [-0.1, -0.05) is 24.3 Å². The molecule has 2 rings (SSSR count). The van der Waals surface area contributed by atoms with Gasteiger partial charge in [-0.2, -0.15) is 0 Å². The summed E-state index contributed by atoms with van der Waals surface area (Å²) in [4.78, 5) is 17.5. The molecule has 102 valence electrons. The van der Waals surface area contributed by atoms with Crippen LogP contribution in [0.5, 0.6) is 0 Å². The van der Waals surface area contributed by atoms with Gasteiger partial charge in [-0.15, -0.1) is 12.4 Å². The Balaban J connectivity index is 0.00000162. The van der Waals surface area contributed by atoms with Crippen molar-refractivity contribution in [1.82, 2.24) is 9.97 Å². The van der Waals surface area contributed by atoms with Gasteiger partial charge in [-0.3, -0.25) is 0 Å². The lowest BCUT2D eigenvalue weighted by Gasteiger charge is -1.99. The summed E-state index contributed by atoms with van der Waals surface area (Å²) in [6, 6.07) is 7.70. The summed E-state index contributed by atoms with van der Waals surface area (Å²) < 4.78 is 0. The molecule has 0 saturated carbocycles. The molecule has 0 amide bonds. The molecule has 0 fully saturated rings. The number of halogens is 1. The van der Waals surface area contributed by atoms with Crippen molar-refractivity contribution in [3.05, 3.63) is 59.7 Å². The van der Waals surface area contributed by atoms with Gasteiger partial charge < -0.3 is 15.6 Å². The summed E-state index contributed by atoms with van der Waals surface area (Å²) in [7, 11) is 0. The number of carboxylic acid groups (broad SMARTS) is 1. The summed E-state index contributed by atoms with van der Waals surface area (Å²) in [5.41, 5.74) is 2.00. The van der Waals surface area contributed by atoms with E-state index in [1.165, 1.54) is 0 Å². The molecule has 0 aliphatic carbocycles. The smallest absolute Gasteiger partial charge is 0.328 e. The van der Waals surface area contributed by atoms with Crippen molar-refractivity contribution in [3.8, 4) is 0 Å². The number of rotatable bonds is 4. The molecular formula is C13H15ClN2O3. The topological polar surface area (TPSA) is 97.5 Å². The van der Waals surface area contributed by atoms with Crippen molar-refractivity contribution in [2.45, 2.75) is 6.42 Å². The quantitative estimate of drug-likeness (QED) is 0.835. The zero-order chi connectivity index (χ0) is 12.1. The van der Waals surface area contributed by atoms with Gasteiger partial charge in [0.25, 0.3) is 0 Å². The average molecular weight is 283 g/mol. The SMILES string of the molecule is Cl.O.O=C(O)/C=C/c1ccc(Cc2ncc[nH]2)cc1. The van der Waals surface area contributed by atoms with E-state index in [2.05, 4.69) is 9.97 Å². The van der Waals surface area contributed by atoms with Crippen LogP contribution in [0.25, 0.3) is 6.08 Å². The van der Waals surface area contributed by atoms with Crippen molar-refractivity contribution in [2.24, 2.45) is 0 Å². The highest BCUT2D eigenvalue weighted by Crippen LogP contribution is 2.09. The molecule has 0 spiro atoms. The van der Waals surface area contributed by atoms with E-state index in [0.717, 1.165) is 29.4 Å². The largest absolute Gasteiger partial charge is 0.478 e. The maximum atomic E-state index is 10.4. The molecule has 5 nitrogen and oxygen atoms in total. The lowest BCUT2D eigenvalue weighted by Crippen LogP contribution is -1.90. The Labute approximate surface area is 116 Å². The number of aromatic amines is 1. The van der Waals surface area contributed by atoms with E-state index in [1.54, 1.807) is 18.5 Å². The average Bonchev–Trinajstić information content (AvgIpc) is 2.81. The van der Waals surface area contributed by atoms with Crippen molar-refractivity contribution in [1.29, 1.82) is 0 Å². The second-order valence-corrected chi connectivity index (χ2v) is 3.63. The lowest BCUT2D eigenvalue weighted by molar-refractivity contribution is -0.131. The molecule has 1 aromatic heterocycles. The summed E-state index contributed by atoms with van der Waals surface area (Å²) in [6.45, 7) is 0. The van der Waals surface area contributed by atoms with Gasteiger partial charge in [0.2, 0.25) is 0 Å². The van der Waals surface area contributed by atoms with Gasteiger partial charge in [-0.05, 0) is 17.2 Å². The number of H-pyrrole nitrogens is 1. The van der Waals surface area contributed by atoms with Gasteiger partial charge in [0, 0.05) is 24.9 Å². The minimum absolute atomic E-state index is 0. The number of nitrogens with zero attached hydrogens (tertiary/aromatic N) is 1. The summed E-state index contributed by atoms with van der Waals surface area (Å²) >= 11 is 0. The van der Waals surface area contributed by atoms with Crippen LogP contribution in [0.15, 0.2) is 42.7 Å². The van der Waals surface area contributed by atoms with Crippen LogP contribution in [-0.4, -0.2) is 26.5 Å². The molecule has 0 radical (unpaired) electrons. The van der Waals surface area contributed by atoms with E-state index >= 15 is 0 Å². The van der Waals surface area contributed by atoms with Crippen LogP contribution in [0.2, 0.25) is 0 Å². The lowest BCUT2D eigenvalue weighted by atomic mass is 10.1. The zero-order valence-corrected chi connectivity index (χ0v) is 10.9. The highest BCUT2D eigenvalue weighted by molar-refractivity contribution is 5.85. The highest BCUT2D eigenvalue weighted by Gasteiger charge is 1.97. The maximum Gasteiger partial charge on any atom is 0.328 e. The van der Waals surface area contributed by atoms with Gasteiger partial charge in [0.1, 0.15) is 5.82 Å². The Bertz CT molecular complexity index is 521. The summed E-state index contributed by atoms with van der Waals surface area (Å²) in [5.74, 6) is -0.0245. The van der Waals surface area contributed by atoms with Crippen LogP contribution in [0.3, 0.4) is 0 Å².